The molecule has 0 amide bonds. The zero-order valence-electron chi connectivity index (χ0n) is 24.9. The highest BCUT2D eigenvalue weighted by Gasteiger charge is 2.54. The standard InChI is InChI=1S/C35H51NO4/c1-5-6-7-10-28-22-36-33(40-28)35(18-19-35)32(39)16-11-23(2)29-14-15-30-25(9-8-17-34(29,30)4)12-13-26-20-27(37)21-31(38)24(26)3/h11-13,16,22-23,27,29-32,37-39H,3,5-10,14-15,17-21H2,1-2,4H3/t23-,27-,29-,30+,31+,32+,34-/m1/s1. The van der Waals surface area contributed by atoms with Crippen LogP contribution in [0, 0.1) is 23.2 Å². The molecule has 1 heterocycles. The predicted octanol–water partition coefficient (Wildman–Crippen LogP) is 7.13. The molecule has 4 fully saturated rings. The second-order valence-corrected chi connectivity index (χ2v) is 13.6. The summed E-state index contributed by atoms with van der Waals surface area (Å²) in [4.78, 5) is 4.59. The van der Waals surface area contributed by atoms with Gasteiger partial charge in [0.05, 0.1) is 29.9 Å². The number of hydrogen-bond donors (Lipinski definition) is 3. The van der Waals surface area contributed by atoms with Crippen molar-refractivity contribution < 1.29 is 19.7 Å². The average molecular weight is 550 g/mol. The summed E-state index contributed by atoms with van der Waals surface area (Å²) in [5.74, 6) is 3.18. The molecular weight excluding hydrogens is 498 g/mol. The zero-order valence-corrected chi connectivity index (χ0v) is 24.9. The van der Waals surface area contributed by atoms with Crippen LogP contribution in [0.4, 0.5) is 0 Å². The van der Waals surface area contributed by atoms with E-state index in [9.17, 15) is 15.3 Å². The van der Waals surface area contributed by atoms with E-state index in [4.69, 9.17) is 4.42 Å². The molecule has 1 aromatic heterocycles. The van der Waals surface area contributed by atoms with E-state index in [2.05, 4.69) is 50.6 Å². The van der Waals surface area contributed by atoms with Crippen molar-refractivity contribution in [1.82, 2.24) is 4.98 Å². The maximum Gasteiger partial charge on any atom is 0.203 e. The molecule has 0 unspecified atom stereocenters. The molecule has 0 bridgehead atoms. The van der Waals surface area contributed by atoms with E-state index in [-0.39, 0.29) is 10.8 Å². The van der Waals surface area contributed by atoms with Crippen LogP contribution in [0.25, 0.3) is 0 Å². The van der Waals surface area contributed by atoms with E-state index in [1.807, 2.05) is 12.3 Å². The lowest BCUT2D eigenvalue weighted by atomic mass is 9.61. The lowest BCUT2D eigenvalue weighted by Crippen LogP contribution is -2.35. The summed E-state index contributed by atoms with van der Waals surface area (Å²) in [6.07, 6.45) is 22.1. The van der Waals surface area contributed by atoms with Gasteiger partial charge in [-0.1, -0.05) is 70.1 Å². The van der Waals surface area contributed by atoms with Gasteiger partial charge in [0.2, 0.25) is 5.89 Å². The molecule has 220 valence electrons. The van der Waals surface area contributed by atoms with Gasteiger partial charge in [0.25, 0.3) is 0 Å². The highest BCUT2D eigenvalue weighted by molar-refractivity contribution is 5.38. The second-order valence-electron chi connectivity index (χ2n) is 13.6. The molecule has 0 saturated heterocycles. The number of rotatable bonds is 10. The quantitative estimate of drug-likeness (QED) is 0.213. The van der Waals surface area contributed by atoms with Crippen LogP contribution in [-0.4, -0.2) is 38.6 Å². The molecule has 1 aromatic rings. The van der Waals surface area contributed by atoms with E-state index in [0.29, 0.717) is 36.5 Å². The topological polar surface area (TPSA) is 86.7 Å². The van der Waals surface area contributed by atoms with Gasteiger partial charge in [0, 0.05) is 12.8 Å². The van der Waals surface area contributed by atoms with Gasteiger partial charge in [0.15, 0.2) is 0 Å². The summed E-state index contributed by atoms with van der Waals surface area (Å²) in [5.41, 5.74) is 3.15. The van der Waals surface area contributed by atoms with Crippen molar-refractivity contribution in [2.24, 2.45) is 23.2 Å². The fourth-order valence-electron chi connectivity index (χ4n) is 8.18. The maximum atomic E-state index is 11.3. The molecule has 0 spiro atoms. The fourth-order valence-corrected chi connectivity index (χ4v) is 8.18. The number of nitrogens with zero attached hydrogens (tertiary/aromatic N) is 1. The lowest BCUT2D eigenvalue weighted by molar-refractivity contribution is 0.0862. The van der Waals surface area contributed by atoms with Crippen LogP contribution in [0.3, 0.4) is 0 Å². The predicted molar refractivity (Wildman–Crippen MR) is 160 cm³/mol. The SMILES string of the molecule is C=C1C(=CC=C2CCC[C@]3(C)[C@@H]([C@H](C)C=C[C@H](O)C4(c5ncc(CCCCC)o5)CC4)CC[C@@H]23)C[C@@H](O)C[C@@H]1O. The Labute approximate surface area is 241 Å². The molecule has 5 rings (SSSR count). The first-order chi connectivity index (χ1) is 19.2. The molecule has 4 aliphatic rings. The first kappa shape index (κ1) is 29.5. The third kappa shape index (κ3) is 5.84. The summed E-state index contributed by atoms with van der Waals surface area (Å²) >= 11 is 0. The number of unbranched alkanes of at least 4 members (excludes halogenated alkanes) is 2. The molecule has 4 aliphatic carbocycles. The number of aromatic nitrogens is 1. The first-order valence-electron chi connectivity index (χ1n) is 15.9. The van der Waals surface area contributed by atoms with Gasteiger partial charge < -0.3 is 19.7 Å². The number of hydrogen-bond acceptors (Lipinski definition) is 5. The number of oxazole rings is 1. The van der Waals surface area contributed by atoms with Crippen LogP contribution in [-0.2, 0) is 11.8 Å². The van der Waals surface area contributed by atoms with E-state index in [1.54, 1.807) is 0 Å². The van der Waals surface area contributed by atoms with E-state index < -0.39 is 18.3 Å². The summed E-state index contributed by atoms with van der Waals surface area (Å²) in [5, 5.41) is 31.6. The van der Waals surface area contributed by atoms with Gasteiger partial charge in [0.1, 0.15) is 5.76 Å². The minimum absolute atomic E-state index is 0.243. The third-order valence-corrected chi connectivity index (χ3v) is 10.9. The van der Waals surface area contributed by atoms with Crippen LogP contribution in [0.1, 0.15) is 109 Å². The van der Waals surface area contributed by atoms with Crippen molar-refractivity contribution in [2.45, 2.75) is 128 Å². The Hall–Kier alpha value is -1.95. The Balaban J connectivity index is 1.24. The Morgan fingerprint density at radius 1 is 1.15 bits per heavy atom. The molecule has 0 radical (unpaired) electrons. The Bertz CT molecular complexity index is 1140. The van der Waals surface area contributed by atoms with Crippen LogP contribution in [0.15, 0.2) is 58.2 Å². The van der Waals surface area contributed by atoms with Gasteiger partial charge in [-0.2, -0.15) is 0 Å². The molecule has 3 N–H and O–H groups in total. The summed E-state index contributed by atoms with van der Waals surface area (Å²) in [6, 6.07) is 0. The van der Waals surface area contributed by atoms with E-state index in [1.165, 1.54) is 44.1 Å². The Morgan fingerprint density at radius 2 is 1.95 bits per heavy atom. The number of aliphatic hydroxyl groups is 3. The van der Waals surface area contributed by atoms with Crippen LogP contribution in [0.2, 0.25) is 0 Å². The number of fused-ring (bicyclic) bond motifs is 1. The molecule has 0 aliphatic heterocycles. The first-order valence-corrected chi connectivity index (χ1v) is 15.9. The molecule has 40 heavy (non-hydrogen) atoms. The third-order valence-electron chi connectivity index (χ3n) is 10.9. The van der Waals surface area contributed by atoms with Crippen molar-refractivity contribution in [3.63, 3.8) is 0 Å². The number of aliphatic hydroxyl groups excluding tert-OH is 3. The normalized spacial score (nSPS) is 35.4. The van der Waals surface area contributed by atoms with Crippen molar-refractivity contribution in [2.75, 3.05) is 0 Å². The highest BCUT2D eigenvalue weighted by atomic mass is 16.4. The monoisotopic (exact) mass is 549 g/mol. The van der Waals surface area contributed by atoms with Crippen molar-refractivity contribution >= 4 is 0 Å². The van der Waals surface area contributed by atoms with Gasteiger partial charge in [-0.15, -0.1) is 0 Å². The fraction of sp³-hybridized carbons (Fsp3) is 0.686. The number of allylic oxidation sites excluding steroid dienone is 4. The van der Waals surface area contributed by atoms with Crippen molar-refractivity contribution in [3.05, 3.63) is 65.5 Å². The van der Waals surface area contributed by atoms with Gasteiger partial charge in [-0.25, -0.2) is 4.98 Å². The summed E-state index contributed by atoms with van der Waals surface area (Å²) in [7, 11) is 0. The molecule has 5 nitrogen and oxygen atoms in total. The summed E-state index contributed by atoms with van der Waals surface area (Å²) < 4.78 is 6.12. The van der Waals surface area contributed by atoms with E-state index >= 15 is 0 Å². The molecule has 0 aromatic carbocycles. The molecule has 4 saturated carbocycles. The largest absolute Gasteiger partial charge is 0.445 e. The van der Waals surface area contributed by atoms with Gasteiger partial charge in [-0.3, -0.25) is 0 Å². The molecule has 5 heteroatoms. The minimum atomic E-state index is -0.643. The Kier molecular flexibility index (Phi) is 8.94. The van der Waals surface area contributed by atoms with E-state index in [0.717, 1.165) is 49.0 Å². The second kappa shape index (κ2) is 12.1. The van der Waals surface area contributed by atoms with Gasteiger partial charge in [-0.05, 0) is 92.1 Å². The summed E-state index contributed by atoms with van der Waals surface area (Å²) in [6.45, 7) is 11.1. The smallest absolute Gasteiger partial charge is 0.203 e. The van der Waals surface area contributed by atoms with Crippen molar-refractivity contribution in [1.29, 1.82) is 0 Å². The Morgan fingerprint density at radius 3 is 2.70 bits per heavy atom. The average Bonchev–Trinajstić information content (AvgIpc) is 3.46. The minimum Gasteiger partial charge on any atom is -0.445 e. The lowest BCUT2D eigenvalue weighted by Gasteiger charge is -2.44. The van der Waals surface area contributed by atoms with Gasteiger partial charge >= 0.3 is 0 Å². The van der Waals surface area contributed by atoms with Crippen molar-refractivity contribution in [3.8, 4) is 0 Å². The van der Waals surface area contributed by atoms with Crippen LogP contribution in [0.5, 0.6) is 0 Å². The highest BCUT2D eigenvalue weighted by Crippen LogP contribution is 2.60. The molecule has 7 atom stereocenters. The maximum absolute atomic E-state index is 11.3. The zero-order chi connectivity index (χ0) is 28.5. The molecular formula is C35H51NO4. The van der Waals surface area contributed by atoms with Crippen LogP contribution < -0.4 is 0 Å². The van der Waals surface area contributed by atoms with Crippen LogP contribution >= 0.6 is 0 Å². The number of aryl methyl sites for hydroxylation is 1.